The van der Waals surface area contributed by atoms with Crippen LogP contribution in [-0.2, 0) is 41.7 Å². The highest BCUT2D eigenvalue weighted by Crippen LogP contribution is 2.26. The summed E-state index contributed by atoms with van der Waals surface area (Å²) in [4.78, 5) is 50.0. The van der Waals surface area contributed by atoms with E-state index in [0.29, 0.717) is 11.4 Å². The molecule has 3 N–H and O–H groups in total. The third kappa shape index (κ3) is 12.3. The highest BCUT2D eigenvalue weighted by atomic mass is 16.6. The van der Waals surface area contributed by atoms with Gasteiger partial charge < -0.3 is 34.4 Å². The number of aromatic nitrogens is 1. The van der Waals surface area contributed by atoms with Gasteiger partial charge in [-0.25, -0.2) is 14.4 Å². The normalized spacial score (nSPS) is 20.2. The molecule has 14 heteroatoms. The molecule has 1 aromatic rings. The van der Waals surface area contributed by atoms with Gasteiger partial charge in [-0.2, -0.15) is 0 Å². The Hall–Kier alpha value is -2.88. The zero-order chi connectivity index (χ0) is 35.3. The van der Waals surface area contributed by atoms with E-state index in [9.17, 15) is 29.7 Å². The Kier molecular flexibility index (Phi) is 12.8. The number of hydrogen-bond donors (Lipinski definition) is 3. The summed E-state index contributed by atoms with van der Waals surface area (Å²) in [5.74, 6) is -3.57. The monoisotopic (exact) mass is 665 g/mol. The zero-order valence-electron chi connectivity index (χ0n) is 29.5. The molecular weight excluding hydrogens is 610 g/mol. The number of fused-ring (bicyclic) bond motifs is 2. The van der Waals surface area contributed by atoms with Crippen molar-refractivity contribution < 1.29 is 43.9 Å². The van der Waals surface area contributed by atoms with E-state index in [0.717, 1.165) is 31.6 Å². The third-order valence-electron chi connectivity index (χ3n) is 7.49. The molecule has 0 radical (unpaired) electrons. The smallest absolute Gasteiger partial charge is 0.348 e. The minimum atomic E-state index is -1.39. The van der Waals surface area contributed by atoms with E-state index >= 15 is 0 Å². The SMILES string of the molecule is CC(C)(C)OC(C(=O)O)N1CCN(C(OC(C)(C)C)C(=O)O)Cc2cc(N3CCCC3)cc(n2)CN(C(OC(C)(C)C)C(=O)O)CC1. The van der Waals surface area contributed by atoms with E-state index in [1.54, 1.807) is 77.0 Å². The van der Waals surface area contributed by atoms with Crippen LogP contribution in [0.1, 0.15) is 86.5 Å². The number of nitrogens with zero attached hydrogens (tertiary/aromatic N) is 5. The van der Waals surface area contributed by atoms with Crippen molar-refractivity contribution in [3.05, 3.63) is 23.5 Å². The number of carboxylic acids is 3. The first-order chi connectivity index (χ1) is 21.6. The first kappa shape index (κ1) is 38.6. The molecule has 0 aliphatic carbocycles. The van der Waals surface area contributed by atoms with Crippen LogP contribution in [0.5, 0.6) is 0 Å². The fourth-order valence-corrected chi connectivity index (χ4v) is 5.63. The van der Waals surface area contributed by atoms with Gasteiger partial charge in [0.05, 0.1) is 28.2 Å². The lowest BCUT2D eigenvalue weighted by Gasteiger charge is -2.39. The number of pyridine rings is 1. The quantitative estimate of drug-likeness (QED) is 0.333. The molecule has 3 rings (SSSR count). The molecule has 2 aliphatic heterocycles. The van der Waals surface area contributed by atoms with Crippen molar-refractivity contribution in [2.45, 2.75) is 124 Å². The Labute approximate surface area is 278 Å². The largest absolute Gasteiger partial charge is 0.478 e. The van der Waals surface area contributed by atoms with E-state index < -0.39 is 53.4 Å². The van der Waals surface area contributed by atoms with Crippen molar-refractivity contribution in [1.29, 1.82) is 0 Å². The Balaban J connectivity index is 2.18. The molecule has 47 heavy (non-hydrogen) atoms. The van der Waals surface area contributed by atoms with E-state index in [2.05, 4.69) is 4.90 Å². The molecule has 0 aromatic carbocycles. The van der Waals surface area contributed by atoms with Gasteiger partial charge in [-0.05, 0) is 87.3 Å². The van der Waals surface area contributed by atoms with E-state index in [1.165, 1.54) is 0 Å². The standard InChI is InChI=1S/C33H55N5O9/c1-31(2,3)45-25(28(39)40)36-14-16-37(26(29(41)42)46-32(4,5)6)20-22-18-24(35-12-10-11-13-35)19-23(34-22)21-38(17-15-36)27(30(43)44)47-33(7,8)9/h18-19,25-27H,10-17,20-21H2,1-9H3,(H,39,40)(H,41,42)(H,43,44). The second-order valence-corrected chi connectivity index (χ2v) is 15.2. The third-order valence-corrected chi connectivity index (χ3v) is 7.49. The number of carboxylic acid groups (broad SMARTS) is 3. The lowest BCUT2D eigenvalue weighted by Crippen LogP contribution is -2.55. The molecule has 0 amide bonds. The maximum Gasteiger partial charge on any atom is 0.348 e. The first-order valence-corrected chi connectivity index (χ1v) is 16.3. The van der Waals surface area contributed by atoms with Crippen LogP contribution >= 0.6 is 0 Å². The highest BCUT2D eigenvalue weighted by molar-refractivity contribution is 5.73. The van der Waals surface area contributed by atoms with Crippen molar-refractivity contribution in [1.82, 2.24) is 19.7 Å². The first-order valence-electron chi connectivity index (χ1n) is 16.3. The summed E-state index contributed by atoms with van der Waals surface area (Å²) < 4.78 is 18.1. The molecular formula is C33H55N5O9. The average Bonchev–Trinajstić information content (AvgIpc) is 3.45. The second-order valence-electron chi connectivity index (χ2n) is 15.2. The number of ether oxygens (including phenoxy) is 3. The summed E-state index contributed by atoms with van der Waals surface area (Å²) in [6.45, 7) is 18.2. The molecule has 3 atom stereocenters. The fraction of sp³-hybridized carbons (Fsp3) is 0.758. The Bertz CT molecular complexity index is 1170. The lowest BCUT2D eigenvalue weighted by atomic mass is 10.1. The van der Waals surface area contributed by atoms with Crippen molar-refractivity contribution in [2.24, 2.45) is 0 Å². The molecule has 3 heterocycles. The number of carbonyl (C=O) groups is 3. The summed E-state index contributed by atoms with van der Waals surface area (Å²) in [6.07, 6.45) is -1.99. The summed E-state index contributed by atoms with van der Waals surface area (Å²) in [7, 11) is 0. The van der Waals surface area contributed by atoms with Crippen molar-refractivity contribution in [3.8, 4) is 0 Å². The Morgan fingerprint density at radius 3 is 1.23 bits per heavy atom. The van der Waals surface area contributed by atoms with Crippen molar-refractivity contribution in [2.75, 3.05) is 44.2 Å². The fourth-order valence-electron chi connectivity index (χ4n) is 5.63. The highest BCUT2D eigenvalue weighted by Gasteiger charge is 2.37. The van der Waals surface area contributed by atoms with Crippen molar-refractivity contribution in [3.63, 3.8) is 0 Å². The molecule has 0 saturated carbocycles. The van der Waals surface area contributed by atoms with Crippen LogP contribution in [0.25, 0.3) is 0 Å². The molecule has 1 aromatic heterocycles. The molecule has 2 aliphatic rings. The van der Waals surface area contributed by atoms with E-state index in [1.807, 2.05) is 12.1 Å². The zero-order valence-corrected chi connectivity index (χ0v) is 29.5. The molecule has 0 spiro atoms. The van der Waals surface area contributed by atoms with Gasteiger partial charge in [0.25, 0.3) is 0 Å². The van der Waals surface area contributed by atoms with Gasteiger partial charge in [-0.1, -0.05) is 0 Å². The minimum absolute atomic E-state index is 0.0781. The predicted octanol–water partition coefficient (Wildman–Crippen LogP) is 3.28. The van der Waals surface area contributed by atoms with Gasteiger partial charge in [0, 0.05) is 58.0 Å². The van der Waals surface area contributed by atoms with Gasteiger partial charge in [0.1, 0.15) is 0 Å². The summed E-state index contributed by atoms with van der Waals surface area (Å²) in [5, 5.41) is 31.0. The van der Waals surface area contributed by atoms with Crippen LogP contribution in [0.4, 0.5) is 5.69 Å². The molecule has 266 valence electrons. The summed E-state index contributed by atoms with van der Waals surface area (Å²) in [6, 6.07) is 3.88. The Morgan fingerprint density at radius 1 is 0.596 bits per heavy atom. The van der Waals surface area contributed by atoms with Crippen LogP contribution in [0.3, 0.4) is 0 Å². The van der Waals surface area contributed by atoms with Crippen LogP contribution in [0, 0.1) is 0 Å². The molecule has 3 unspecified atom stereocenters. The average molecular weight is 666 g/mol. The van der Waals surface area contributed by atoms with Crippen LogP contribution in [0.15, 0.2) is 12.1 Å². The number of hydrogen-bond acceptors (Lipinski definition) is 11. The lowest BCUT2D eigenvalue weighted by molar-refractivity contribution is -0.194. The van der Waals surface area contributed by atoms with Crippen LogP contribution in [-0.4, -0.2) is 128 Å². The minimum Gasteiger partial charge on any atom is -0.478 e. The molecule has 1 fully saturated rings. The number of rotatable bonds is 10. The van der Waals surface area contributed by atoms with Crippen molar-refractivity contribution >= 4 is 23.6 Å². The van der Waals surface area contributed by atoms with Gasteiger partial charge in [-0.3, -0.25) is 19.7 Å². The Morgan fingerprint density at radius 2 is 0.915 bits per heavy atom. The van der Waals surface area contributed by atoms with Crippen LogP contribution in [0.2, 0.25) is 0 Å². The second kappa shape index (κ2) is 15.6. The van der Waals surface area contributed by atoms with E-state index in [4.69, 9.17) is 19.2 Å². The van der Waals surface area contributed by atoms with Gasteiger partial charge >= 0.3 is 17.9 Å². The maximum absolute atomic E-state index is 12.7. The van der Waals surface area contributed by atoms with Gasteiger partial charge in [-0.15, -0.1) is 0 Å². The number of aliphatic carboxylic acids is 3. The summed E-state index contributed by atoms with van der Waals surface area (Å²) in [5.41, 5.74) is -0.300. The van der Waals surface area contributed by atoms with Gasteiger partial charge in [0.15, 0.2) is 0 Å². The molecule has 2 bridgehead atoms. The maximum atomic E-state index is 12.7. The van der Waals surface area contributed by atoms with Crippen LogP contribution < -0.4 is 4.90 Å². The van der Waals surface area contributed by atoms with E-state index in [-0.39, 0.29) is 39.3 Å². The molecule has 1 saturated heterocycles. The topological polar surface area (TPSA) is 165 Å². The predicted molar refractivity (Wildman–Crippen MR) is 175 cm³/mol. The summed E-state index contributed by atoms with van der Waals surface area (Å²) >= 11 is 0. The molecule has 14 nitrogen and oxygen atoms in total. The van der Waals surface area contributed by atoms with Gasteiger partial charge in [0.2, 0.25) is 18.7 Å². The number of anilines is 1.